The van der Waals surface area contributed by atoms with E-state index in [9.17, 15) is 19.7 Å². The molecule has 1 rings (SSSR count). The molecule has 1 aromatic carbocycles. The molecule has 0 saturated heterocycles. The molecule has 0 saturated carbocycles. The van der Waals surface area contributed by atoms with Gasteiger partial charge in [0.05, 0.1) is 11.3 Å². The van der Waals surface area contributed by atoms with E-state index in [-0.39, 0.29) is 24.4 Å². The standard InChI is InChI=1S/C20H28N2O5S/c1-2-3-4-5-6-7-8-9-19(23)21-16(14-20(24)25)15-28-18-12-10-17(11-13-18)22(26)27/h7-8,10-13,16H,2-6,9,14-15H2,1H3,(H,21,23)(H,24,25)/t16-/m0/s1. The van der Waals surface area contributed by atoms with Crippen molar-refractivity contribution in [3.8, 4) is 0 Å². The van der Waals surface area contributed by atoms with Crippen molar-refractivity contribution in [3.63, 3.8) is 0 Å². The van der Waals surface area contributed by atoms with Gasteiger partial charge in [0.1, 0.15) is 0 Å². The van der Waals surface area contributed by atoms with Crippen LogP contribution < -0.4 is 5.32 Å². The summed E-state index contributed by atoms with van der Waals surface area (Å²) < 4.78 is 0. The number of non-ortho nitro benzene ring substituents is 1. The molecule has 0 unspecified atom stereocenters. The predicted octanol–water partition coefficient (Wildman–Crippen LogP) is 4.56. The molecule has 0 aromatic heterocycles. The number of carboxylic acid groups (broad SMARTS) is 1. The van der Waals surface area contributed by atoms with Crippen LogP contribution in [0.2, 0.25) is 0 Å². The van der Waals surface area contributed by atoms with Gasteiger partial charge in [0.25, 0.3) is 5.69 Å². The zero-order valence-corrected chi connectivity index (χ0v) is 17.0. The maximum atomic E-state index is 12.1. The Kier molecular flexibility index (Phi) is 11.6. The second-order valence-corrected chi connectivity index (χ2v) is 7.54. The Balaban J connectivity index is 2.44. The van der Waals surface area contributed by atoms with Crippen LogP contribution in [0.15, 0.2) is 41.3 Å². The van der Waals surface area contributed by atoms with E-state index in [0.717, 1.165) is 17.7 Å². The van der Waals surface area contributed by atoms with Crippen LogP contribution in [0.25, 0.3) is 0 Å². The van der Waals surface area contributed by atoms with Gasteiger partial charge in [0.15, 0.2) is 0 Å². The van der Waals surface area contributed by atoms with E-state index >= 15 is 0 Å². The first-order chi connectivity index (χ1) is 13.4. The number of hydrogen-bond acceptors (Lipinski definition) is 5. The number of nitrogens with zero attached hydrogens (tertiary/aromatic N) is 1. The minimum absolute atomic E-state index is 0.00113. The Hall–Kier alpha value is -2.35. The number of rotatable bonds is 14. The zero-order valence-electron chi connectivity index (χ0n) is 16.1. The smallest absolute Gasteiger partial charge is 0.305 e. The molecule has 0 aliphatic carbocycles. The van der Waals surface area contributed by atoms with Crippen molar-refractivity contribution in [3.05, 3.63) is 46.5 Å². The number of nitrogens with one attached hydrogen (secondary N) is 1. The number of benzene rings is 1. The molecule has 0 aliphatic rings. The highest BCUT2D eigenvalue weighted by molar-refractivity contribution is 7.99. The molecule has 8 heteroatoms. The topological polar surface area (TPSA) is 110 Å². The van der Waals surface area contributed by atoms with Gasteiger partial charge in [-0.25, -0.2) is 0 Å². The molecule has 2 N–H and O–H groups in total. The Labute approximate surface area is 169 Å². The van der Waals surface area contributed by atoms with Gasteiger partial charge in [0, 0.05) is 35.2 Å². The summed E-state index contributed by atoms with van der Waals surface area (Å²) in [4.78, 5) is 34.1. The summed E-state index contributed by atoms with van der Waals surface area (Å²) in [6, 6.07) is 5.52. The number of nitro benzene ring substituents is 1. The van der Waals surface area contributed by atoms with Gasteiger partial charge >= 0.3 is 5.97 Å². The van der Waals surface area contributed by atoms with Crippen molar-refractivity contribution in [1.82, 2.24) is 5.32 Å². The summed E-state index contributed by atoms with van der Waals surface area (Å²) in [5.74, 6) is -0.822. The van der Waals surface area contributed by atoms with Crippen molar-refractivity contribution in [1.29, 1.82) is 0 Å². The number of unbranched alkanes of at least 4 members (excludes halogenated alkanes) is 4. The van der Waals surface area contributed by atoms with Gasteiger partial charge in [-0.1, -0.05) is 38.3 Å². The van der Waals surface area contributed by atoms with Crippen molar-refractivity contribution >= 4 is 29.3 Å². The fraction of sp³-hybridized carbons (Fsp3) is 0.500. The average Bonchev–Trinajstić information content (AvgIpc) is 2.65. The molecule has 0 spiro atoms. The van der Waals surface area contributed by atoms with E-state index in [4.69, 9.17) is 5.11 Å². The first-order valence-corrected chi connectivity index (χ1v) is 10.4. The molecule has 0 bridgehead atoms. The third-order valence-corrected chi connectivity index (χ3v) is 5.15. The van der Waals surface area contributed by atoms with Crippen LogP contribution in [0.5, 0.6) is 0 Å². The summed E-state index contributed by atoms with van der Waals surface area (Å²) in [5, 5.41) is 22.5. The number of carboxylic acids is 1. The van der Waals surface area contributed by atoms with Crippen molar-refractivity contribution in [2.45, 2.75) is 62.8 Å². The van der Waals surface area contributed by atoms with Crippen LogP contribution in [0.4, 0.5) is 5.69 Å². The van der Waals surface area contributed by atoms with Crippen molar-refractivity contribution in [2.24, 2.45) is 0 Å². The summed E-state index contributed by atoms with van der Waals surface area (Å²) in [6.07, 6.45) is 9.52. The number of aliphatic carboxylic acids is 1. The average molecular weight is 409 g/mol. The number of carbonyl (C=O) groups is 2. The molecule has 0 radical (unpaired) electrons. The van der Waals surface area contributed by atoms with E-state index in [1.54, 1.807) is 12.1 Å². The minimum atomic E-state index is -0.985. The number of allylic oxidation sites excluding steroid dienone is 1. The number of amides is 1. The lowest BCUT2D eigenvalue weighted by Crippen LogP contribution is -2.38. The highest BCUT2D eigenvalue weighted by Crippen LogP contribution is 2.22. The van der Waals surface area contributed by atoms with Gasteiger partial charge in [-0.15, -0.1) is 11.8 Å². The molecule has 1 amide bonds. The van der Waals surface area contributed by atoms with Gasteiger partial charge in [-0.05, 0) is 25.0 Å². The molecule has 154 valence electrons. The maximum Gasteiger partial charge on any atom is 0.305 e. The van der Waals surface area contributed by atoms with Gasteiger partial charge in [-0.3, -0.25) is 19.7 Å². The summed E-state index contributed by atoms with van der Waals surface area (Å²) in [6.45, 7) is 2.16. The van der Waals surface area contributed by atoms with Crippen molar-refractivity contribution in [2.75, 3.05) is 5.75 Å². The fourth-order valence-electron chi connectivity index (χ4n) is 2.51. The highest BCUT2D eigenvalue weighted by Gasteiger charge is 2.16. The molecule has 1 atom stereocenters. The Morgan fingerprint density at radius 2 is 1.93 bits per heavy atom. The SMILES string of the molecule is CCCCCCC=CCC(=O)N[C@H](CSc1ccc([N+](=O)[O-])cc1)CC(=O)O. The number of nitro groups is 1. The van der Waals surface area contributed by atoms with Crippen LogP contribution in [-0.4, -0.2) is 33.7 Å². The lowest BCUT2D eigenvalue weighted by molar-refractivity contribution is -0.384. The molecular weight excluding hydrogens is 380 g/mol. The largest absolute Gasteiger partial charge is 0.481 e. The second kappa shape index (κ2) is 13.8. The van der Waals surface area contributed by atoms with Crippen LogP contribution >= 0.6 is 11.8 Å². The van der Waals surface area contributed by atoms with Crippen LogP contribution in [-0.2, 0) is 9.59 Å². The summed E-state index contributed by atoms with van der Waals surface area (Å²) in [7, 11) is 0. The Bertz CT molecular complexity index is 661. The monoisotopic (exact) mass is 408 g/mol. The maximum absolute atomic E-state index is 12.1. The first-order valence-electron chi connectivity index (χ1n) is 9.45. The molecule has 1 aromatic rings. The molecule has 0 heterocycles. The second-order valence-electron chi connectivity index (χ2n) is 6.45. The van der Waals surface area contributed by atoms with Crippen LogP contribution in [0.1, 0.15) is 51.9 Å². The normalized spacial score (nSPS) is 12.0. The van der Waals surface area contributed by atoms with Gasteiger partial charge in [0.2, 0.25) is 5.91 Å². The molecule has 0 aliphatic heterocycles. The summed E-state index contributed by atoms with van der Waals surface area (Å²) in [5.41, 5.74) is 0.00113. The quantitative estimate of drug-likeness (QED) is 0.153. The molecule has 7 nitrogen and oxygen atoms in total. The lowest BCUT2D eigenvalue weighted by atomic mass is 10.1. The van der Waals surface area contributed by atoms with E-state index in [2.05, 4.69) is 12.2 Å². The first kappa shape index (κ1) is 23.7. The molecular formula is C20H28N2O5S. The van der Waals surface area contributed by atoms with Crippen molar-refractivity contribution < 1.29 is 19.6 Å². The number of thioether (sulfide) groups is 1. The van der Waals surface area contributed by atoms with Gasteiger partial charge < -0.3 is 10.4 Å². The molecule has 28 heavy (non-hydrogen) atoms. The lowest BCUT2D eigenvalue weighted by Gasteiger charge is -2.16. The Morgan fingerprint density at radius 3 is 2.54 bits per heavy atom. The fourth-order valence-corrected chi connectivity index (χ4v) is 3.43. The highest BCUT2D eigenvalue weighted by atomic mass is 32.2. The third-order valence-electron chi connectivity index (χ3n) is 3.98. The van der Waals surface area contributed by atoms with Gasteiger partial charge in [-0.2, -0.15) is 0 Å². The minimum Gasteiger partial charge on any atom is -0.481 e. The Morgan fingerprint density at radius 1 is 1.21 bits per heavy atom. The molecule has 0 fully saturated rings. The number of carbonyl (C=O) groups excluding carboxylic acids is 1. The van der Waals surface area contributed by atoms with E-state index in [1.165, 1.54) is 43.2 Å². The van der Waals surface area contributed by atoms with E-state index < -0.39 is 16.9 Å². The third kappa shape index (κ3) is 10.7. The predicted molar refractivity (Wildman–Crippen MR) is 111 cm³/mol. The summed E-state index contributed by atoms with van der Waals surface area (Å²) >= 11 is 1.35. The van der Waals surface area contributed by atoms with E-state index in [1.807, 2.05) is 12.2 Å². The van der Waals surface area contributed by atoms with Crippen LogP contribution in [0, 0.1) is 10.1 Å². The number of hydrogen-bond donors (Lipinski definition) is 2. The zero-order chi connectivity index (χ0) is 20.8. The van der Waals surface area contributed by atoms with E-state index in [0.29, 0.717) is 5.75 Å². The van der Waals surface area contributed by atoms with Crippen LogP contribution in [0.3, 0.4) is 0 Å².